The van der Waals surface area contributed by atoms with E-state index < -0.39 is 5.97 Å². The summed E-state index contributed by atoms with van der Waals surface area (Å²) in [6.45, 7) is 5.07. The molecule has 0 atom stereocenters. The Morgan fingerprint density at radius 3 is 3.00 bits per heavy atom. The molecule has 5 heteroatoms. The van der Waals surface area contributed by atoms with E-state index in [9.17, 15) is 4.79 Å². The van der Waals surface area contributed by atoms with E-state index in [1.165, 1.54) is 6.08 Å². The van der Waals surface area contributed by atoms with E-state index in [0.717, 1.165) is 22.0 Å². The number of rotatable bonds is 5. The molecule has 0 aliphatic carbocycles. The zero-order chi connectivity index (χ0) is 11.3. The lowest BCUT2D eigenvalue weighted by molar-refractivity contribution is -0.131. The summed E-state index contributed by atoms with van der Waals surface area (Å²) >= 11 is 1.64. The molecular formula is C10H14N2O2S. The van der Waals surface area contributed by atoms with Crippen LogP contribution in [0.2, 0.25) is 0 Å². The van der Waals surface area contributed by atoms with Gasteiger partial charge in [-0.15, -0.1) is 11.3 Å². The van der Waals surface area contributed by atoms with Crippen LogP contribution in [0.15, 0.2) is 17.8 Å². The molecule has 0 radical (unpaired) electrons. The Balaban J connectivity index is 2.30. The highest BCUT2D eigenvalue weighted by atomic mass is 32.1. The number of nitrogens with zero attached hydrogens (tertiary/aromatic N) is 1. The average molecular weight is 226 g/mol. The standard InChI is InChI=1S/C10H14N2O2S/c1-7(3-10(13)14)4-11-5-9-6-12-8(2)15-9/h3,6,11H,4-5H2,1-2H3,(H,13,14). The third-order valence-corrected chi connectivity index (χ3v) is 2.65. The molecular weight excluding hydrogens is 212 g/mol. The highest BCUT2D eigenvalue weighted by Gasteiger charge is 1.98. The molecule has 2 N–H and O–H groups in total. The number of hydrogen-bond donors (Lipinski definition) is 2. The van der Waals surface area contributed by atoms with Gasteiger partial charge in [0.15, 0.2) is 0 Å². The Morgan fingerprint density at radius 2 is 2.47 bits per heavy atom. The molecule has 4 nitrogen and oxygen atoms in total. The topological polar surface area (TPSA) is 62.2 Å². The van der Waals surface area contributed by atoms with E-state index in [1.807, 2.05) is 13.1 Å². The van der Waals surface area contributed by atoms with Gasteiger partial charge in [0.25, 0.3) is 0 Å². The van der Waals surface area contributed by atoms with E-state index in [0.29, 0.717) is 6.54 Å². The van der Waals surface area contributed by atoms with Crippen LogP contribution in [0.3, 0.4) is 0 Å². The molecule has 0 aliphatic rings. The number of carbonyl (C=O) groups is 1. The number of aliphatic carboxylic acids is 1. The quantitative estimate of drug-likeness (QED) is 0.748. The van der Waals surface area contributed by atoms with Crippen molar-refractivity contribution in [2.75, 3.05) is 6.54 Å². The second-order valence-corrected chi connectivity index (χ2v) is 4.60. The molecule has 1 heterocycles. The molecule has 0 saturated carbocycles. The maximum absolute atomic E-state index is 10.3. The normalized spacial score (nSPS) is 11.7. The monoisotopic (exact) mass is 226 g/mol. The van der Waals surface area contributed by atoms with Gasteiger partial charge in [-0.1, -0.05) is 5.57 Å². The molecule has 1 aromatic rings. The summed E-state index contributed by atoms with van der Waals surface area (Å²) < 4.78 is 0. The van der Waals surface area contributed by atoms with Crippen LogP contribution < -0.4 is 5.32 Å². The lowest BCUT2D eigenvalue weighted by Gasteiger charge is -2.01. The zero-order valence-electron chi connectivity index (χ0n) is 8.78. The van der Waals surface area contributed by atoms with Crippen LogP contribution in [0.5, 0.6) is 0 Å². The van der Waals surface area contributed by atoms with Crippen LogP contribution in [-0.2, 0) is 11.3 Å². The molecule has 15 heavy (non-hydrogen) atoms. The first-order valence-corrected chi connectivity index (χ1v) is 5.41. The number of carboxylic acid groups (broad SMARTS) is 1. The number of thiazole rings is 1. The van der Waals surface area contributed by atoms with Crippen LogP contribution in [0.25, 0.3) is 0 Å². The number of hydrogen-bond acceptors (Lipinski definition) is 4. The van der Waals surface area contributed by atoms with Crippen molar-refractivity contribution < 1.29 is 9.90 Å². The van der Waals surface area contributed by atoms with Gasteiger partial charge >= 0.3 is 5.97 Å². The predicted octanol–water partition coefficient (Wildman–Crippen LogP) is 1.57. The van der Waals surface area contributed by atoms with Crippen molar-refractivity contribution in [2.45, 2.75) is 20.4 Å². The van der Waals surface area contributed by atoms with Gasteiger partial charge in [-0.2, -0.15) is 0 Å². The van der Waals surface area contributed by atoms with Crippen LogP contribution in [0.4, 0.5) is 0 Å². The third kappa shape index (κ3) is 4.71. The largest absolute Gasteiger partial charge is 0.478 e. The SMILES string of the molecule is CC(=CC(=O)O)CNCc1cnc(C)s1. The fourth-order valence-electron chi connectivity index (χ4n) is 1.13. The van der Waals surface area contributed by atoms with Gasteiger partial charge in [-0.3, -0.25) is 0 Å². The van der Waals surface area contributed by atoms with Gasteiger partial charge < -0.3 is 10.4 Å². The van der Waals surface area contributed by atoms with Gasteiger partial charge in [0.05, 0.1) is 5.01 Å². The molecule has 1 aromatic heterocycles. The van der Waals surface area contributed by atoms with Gasteiger partial charge in [0.1, 0.15) is 0 Å². The number of nitrogens with one attached hydrogen (secondary N) is 1. The van der Waals surface area contributed by atoms with Crippen molar-refractivity contribution in [3.63, 3.8) is 0 Å². The van der Waals surface area contributed by atoms with Crippen molar-refractivity contribution in [2.24, 2.45) is 0 Å². The van der Waals surface area contributed by atoms with E-state index in [4.69, 9.17) is 5.11 Å². The lowest BCUT2D eigenvalue weighted by atomic mass is 10.3. The Bertz CT molecular complexity index is 371. The molecule has 0 aliphatic heterocycles. The summed E-state index contributed by atoms with van der Waals surface area (Å²) in [5.41, 5.74) is 0.809. The summed E-state index contributed by atoms with van der Waals surface area (Å²) in [5.74, 6) is -0.900. The molecule has 0 aromatic carbocycles. The molecule has 1 rings (SSSR count). The first kappa shape index (κ1) is 11.9. The van der Waals surface area contributed by atoms with E-state index in [1.54, 1.807) is 18.3 Å². The van der Waals surface area contributed by atoms with Crippen molar-refractivity contribution in [1.82, 2.24) is 10.3 Å². The Labute approximate surface area is 92.7 Å². The second kappa shape index (κ2) is 5.63. The van der Waals surface area contributed by atoms with Crippen molar-refractivity contribution in [3.8, 4) is 0 Å². The fourth-order valence-corrected chi connectivity index (χ4v) is 1.90. The minimum absolute atomic E-state index is 0.587. The maximum atomic E-state index is 10.3. The van der Waals surface area contributed by atoms with Crippen LogP contribution in [0, 0.1) is 6.92 Å². The van der Waals surface area contributed by atoms with Gasteiger partial charge in [0, 0.05) is 30.2 Å². The van der Waals surface area contributed by atoms with Crippen LogP contribution in [-0.4, -0.2) is 22.6 Å². The number of aryl methyl sites for hydroxylation is 1. The highest BCUT2D eigenvalue weighted by Crippen LogP contribution is 2.10. The van der Waals surface area contributed by atoms with E-state index in [-0.39, 0.29) is 0 Å². The van der Waals surface area contributed by atoms with Gasteiger partial charge in [0.2, 0.25) is 0 Å². The molecule has 0 saturated heterocycles. The summed E-state index contributed by atoms with van der Waals surface area (Å²) in [4.78, 5) is 15.6. The summed E-state index contributed by atoms with van der Waals surface area (Å²) in [6.07, 6.45) is 3.05. The van der Waals surface area contributed by atoms with Crippen LogP contribution >= 0.6 is 11.3 Å². The first-order chi connectivity index (χ1) is 7.08. The van der Waals surface area contributed by atoms with Crippen LogP contribution in [0.1, 0.15) is 16.8 Å². The summed E-state index contributed by atoms with van der Waals surface area (Å²) in [5, 5.41) is 12.7. The van der Waals surface area contributed by atoms with E-state index in [2.05, 4.69) is 10.3 Å². The molecule has 0 amide bonds. The molecule has 0 bridgehead atoms. The smallest absolute Gasteiger partial charge is 0.328 e. The fraction of sp³-hybridized carbons (Fsp3) is 0.400. The minimum Gasteiger partial charge on any atom is -0.478 e. The molecule has 0 unspecified atom stereocenters. The highest BCUT2D eigenvalue weighted by molar-refractivity contribution is 7.11. The maximum Gasteiger partial charge on any atom is 0.328 e. The Hall–Kier alpha value is -1.20. The first-order valence-electron chi connectivity index (χ1n) is 4.60. The molecule has 82 valence electrons. The lowest BCUT2D eigenvalue weighted by Crippen LogP contribution is -2.15. The predicted molar refractivity (Wildman–Crippen MR) is 60.0 cm³/mol. The number of aromatic nitrogens is 1. The van der Waals surface area contributed by atoms with E-state index >= 15 is 0 Å². The summed E-state index contributed by atoms with van der Waals surface area (Å²) in [7, 11) is 0. The molecule has 0 spiro atoms. The summed E-state index contributed by atoms with van der Waals surface area (Å²) in [6, 6.07) is 0. The van der Waals surface area contributed by atoms with Gasteiger partial charge in [-0.25, -0.2) is 9.78 Å². The van der Waals surface area contributed by atoms with Crippen molar-refractivity contribution in [3.05, 3.63) is 27.7 Å². The number of carboxylic acids is 1. The zero-order valence-corrected chi connectivity index (χ0v) is 9.60. The Morgan fingerprint density at radius 1 is 1.73 bits per heavy atom. The van der Waals surface area contributed by atoms with Gasteiger partial charge in [-0.05, 0) is 13.8 Å². The molecule has 0 fully saturated rings. The van der Waals surface area contributed by atoms with Crippen molar-refractivity contribution >= 4 is 17.3 Å². The average Bonchev–Trinajstić information content (AvgIpc) is 2.50. The van der Waals surface area contributed by atoms with Crippen molar-refractivity contribution in [1.29, 1.82) is 0 Å². The third-order valence-electron chi connectivity index (χ3n) is 1.74. The minimum atomic E-state index is -0.900. The second-order valence-electron chi connectivity index (χ2n) is 3.28. The Kier molecular flexibility index (Phi) is 4.45.